The first-order valence-electron chi connectivity index (χ1n) is 6.91. The molecule has 1 fully saturated rings. The van der Waals surface area contributed by atoms with Gasteiger partial charge in [-0.15, -0.1) is 0 Å². The standard InChI is InChI=1S/C15H18ClN3O/c16-15-4-1-12-11-13(2-3-14(12)17-15)19-7-5-18(6-8-19)9-10-20/h1-4,11,20H,5-10H2. The number of nitrogens with zero attached hydrogens (tertiary/aromatic N) is 3. The lowest BCUT2D eigenvalue weighted by molar-refractivity contribution is 0.189. The molecule has 0 bridgehead atoms. The Hall–Kier alpha value is -1.36. The lowest BCUT2D eigenvalue weighted by atomic mass is 10.1. The maximum absolute atomic E-state index is 8.97. The summed E-state index contributed by atoms with van der Waals surface area (Å²) in [6.07, 6.45) is 0. The number of hydrogen-bond donors (Lipinski definition) is 1. The lowest BCUT2D eigenvalue weighted by Crippen LogP contribution is -2.47. The summed E-state index contributed by atoms with van der Waals surface area (Å²) in [6.45, 7) is 4.99. The summed E-state index contributed by atoms with van der Waals surface area (Å²) in [5, 5.41) is 10.6. The maximum Gasteiger partial charge on any atom is 0.129 e. The van der Waals surface area contributed by atoms with Crippen LogP contribution in [0.1, 0.15) is 0 Å². The second kappa shape index (κ2) is 5.95. The van der Waals surface area contributed by atoms with E-state index in [1.807, 2.05) is 18.2 Å². The third-order valence-corrected chi connectivity index (χ3v) is 4.00. The van der Waals surface area contributed by atoms with Gasteiger partial charge in [0.25, 0.3) is 0 Å². The molecule has 1 aliphatic rings. The highest BCUT2D eigenvalue weighted by atomic mass is 35.5. The average molecular weight is 292 g/mol. The molecule has 2 aromatic rings. The van der Waals surface area contributed by atoms with Gasteiger partial charge in [-0.2, -0.15) is 0 Å². The predicted octanol–water partition coefficient (Wildman–Crippen LogP) is 2.00. The number of halogens is 1. The van der Waals surface area contributed by atoms with Crippen LogP contribution in [0.15, 0.2) is 30.3 Å². The highest BCUT2D eigenvalue weighted by molar-refractivity contribution is 6.29. The van der Waals surface area contributed by atoms with Gasteiger partial charge in [0.05, 0.1) is 12.1 Å². The Labute approximate surface area is 123 Å². The first-order chi connectivity index (χ1) is 9.76. The Balaban J connectivity index is 1.76. The van der Waals surface area contributed by atoms with Gasteiger partial charge in [-0.05, 0) is 30.3 Å². The Kier molecular flexibility index (Phi) is 4.05. The van der Waals surface area contributed by atoms with Gasteiger partial charge < -0.3 is 10.0 Å². The van der Waals surface area contributed by atoms with E-state index in [1.54, 1.807) is 0 Å². The summed E-state index contributed by atoms with van der Waals surface area (Å²) in [5.74, 6) is 0. The third kappa shape index (κ3) is 2.87. The smallest absolute Gasteiger partial charge is 0.129 e. The van der Waals surface area contributed by atoms with Gasteiger partial charge in [-0.3, -0.25) is 4.90 Å². The van der Waals surface area contributed by atoms with Crippen molar-refractivity contribution in [1.29, 1.82) is 0 Å². The number of rotatable bonds is 3. The molecule has 5 heteroatoms. The SMILES string of the molecule is OCCN1CCN(c2ccc3nc(Cl)ccc3c2)CC1. The molecule has 0 unspecified atom stereocenters. The first-order valence-corrected chi connectivity index (χ1v) is 7.28. The van der Waals surface area contributed by atoms with Gasteiger partial charge in [0.15, 0.2) is 0 Å². The summed E-state index contributed by atoms with van der Waals surface area (Å²) in [5.41, 5.74) is 2.16. The largest absolute Gasteiger partial charge is 0.395 e. The molecule has 2 heterocycles. The first kappa shape index (κ1) is 13.6. The van der Waals surface area contributed by atoms with E-state index in [0.29, 0.717) is 5.15 Å². The summed E-state index contributed by atoms with van der Waals surface area (Å²) in [7, 11) is 0. The Morgan fingerprint density at radius 1 is 1.10 bits per heavy atom. The molecule has 3 rings (SSSR count). The molecule has 0 radical (unpaired) electrons. The Bertz CT molecular complexity index is 597. The van der Waals surface area contributed by atoms with Crippen LogP contribution in [0.3, 0.4) is 0 Å². The highest BCUT2D eigenvalue weighted by Crippen LogP contribution is 2.23. The third-order valence-electron chi connectivity index (χ3n) is 3.79. The summed E-state index contributed by atoms with van der Waals surface area (Å²) < 4.78 is 0. The van der Waals surface area contributed by atoms with Crippen molar-refractivity contribution < 1.29 is 5.11 Å². The van der Waals surface area contributed by atoms with E-state index in [-0.39, 0.29) is 6.61 Å². The number of piperazine rings is 1. The fourth-order valence-electron chi connectivity index (χ4n) is 2.66. The van der Waals surface area contributed by atoms with E-state index in [9.17, 15) is 0 Å². The van der Waals surface area contributed by atoms with Crippen LogP contribution in [0.5, 0.6) is 0 Å². The molecule has 4 nitrogen and oxygen atoms in total. The molecule has 1 saturated heterocycles. The van der Waals surface area contributed by atoms with E-state index in [1.165, 1.54) is 5.69 Å². The summed E-state index contributed by atoms with van der Waals surface area (Å²) in [6, 6.07) is 10.1. The second-order valence-electron chi connectivity index (χ2n) is 5.06. The van der Waals surface area contributed by atoms with Crippen LogP contribution in [0.4, 0.5) is 5.69 Å². The fraction of sp³-hybridized carbons (Fsp3) is 0.400. The minimum atomic E-state index is 0.238. The van der Waals surface area contributed by atoms with Gasteiger partial charge in [0.1, 0.15) is 5.15 Å². The van der Waals surface area contributed by atoms with Crippen molar-refractivity contribution in [2.45, 2.75) is 0 Å². The number of aromatic nitrogens is 1. The molecule has 1 aliphatic heterocycles. The van der Waals surface area contributed by atoms with Crippen molar-refractivity contribution in [2.24, 2.45) is 0 Å². The molecule has 0 amide bonds. The molecule has 1 aromatic heterocycles. The second-order valence-corrected chi connectivity index (χ2v) is 5.45. The van der Waals surface area contributed by atoms with Crippen LogP contribution in [0, 0.1) is 0 Å². The lowest BCUT2D eigenvalue weighted by Gasteiger charge is -2.35. The van der Waals surface area contributed by atoms with Crippen molar-refractivity contribution in [2.75, 3.05) is 44.2 Å². The summed E-state index contributed by atoms with van der Waals surface area (Å²) >= 11 is 5.91. The molecule has 0 aliphatic carbocycles. The van der Waals surface area contributed by atoms with Crippen molar-refractivity contribution in [1.82, 2.24) is 9.88 Å². The van der Waals surface area contributed by atoms with E-state index in [0.717, 1.165) is 43.6 Å². The Morgan fingerprint density at radius 3 is 2.65 bits per heavy atom. The van der Waals surface area contributed by atoms with E-state index in [4.69, 9.17) is 16.7 Å². The normalized spacial score (nSPS) is 16.8. The average Bonchev–Trinajstić information content (AvgIpc) is 2.48. The van der Waals surface area contributed by atoms with Gasteiger partial charge in [-0.25, -0.2) is 4.98 Å². The topological polar surface area (TPSA) is 39.6 Å². The quantitative estimate of drug-likeness (QED) is 0.878. The van der Waals surface area contributed by atoms with Crippen LogP contribution >= 0.6 is 11.6 Å². The van der Waals surface area contributed by atoms with E-state index < -0.39 is 0 Å². The van der Waals surface area contributed by atoms with Crippen molar-refractivity contribution >= 4 is 28.2 Å². The van der Waals surface area contributed by atoms with Crippen molar-refractivity contribution in [3.05, 3.63) is 35.5 Å². The Morgan fingerprint density at radius 2 is 1.90 bits per heavy atom. The molecule has 0 spiro atoms. The molecule has 0 atom stereocenters. The van der Waals surface area contributed by atoms with Gasteiger partial charge in [0, 0.05) is 43.8 Å². The molecule has 1 N–H and O–H groups in total. The summed E-state index contributed by atoms with van der Waals surface area (Å²) in [4.78, 5) is 8.98. The fourth-order valence-corrected chi connectivity index (χ4v) is 2.81. The molecule has 1 aromatic carbocycles. The molecule has 0 saturated carbocycles. The number of anilines is 1. The van der Waals surface area contributed by atoms with Gasteiger partial charge in [-0.1, -0.05) is 11.6 Å². The number of benzene rings is 1. The van der Waals surface area contributed by atoms with Crippen molar-refractivity contribution in [3.8, 4) is 0 Å². The van der Waals surface area contributed by atoms with Crippen molar-refractivity contribution in [3.63, 3.8) is 0 Å². The van der Waals surface area contributed by atoms with E-state index in [2.05, 4.69) is 26.9 Å². The van der Waals surface area contributed by atoms with Crippen LogP contribution in [0.25, 0.3) is 10.9 Å². The highest BCUT2D eigenvalue weighted by Gasteiger charge is 2.16. The maximum atomic E-state index is 8.97. The van der Waals surface area contributed by atoms with E-state index >= 15 is 0 Å². The number of hydrogen-bond acceptors (Lipinski definition) is 4. The van der Waals surface area contributed by atoms with Crippen LogP contribution in [0.2, 0.25) is 5.15 Å². The van der Waals surface area contributed by atoms with Crippen LogP contribution in [-0.4, -0.2) is 54.3 Å². The monoisotopic (exact) mass is 291 g/mol. The van der Waals surface area contributed by atoms with Gasteiger partial charge in [0.2, 0.25) is 0 Å². The number of fused-ring (bicyclic) bond motifs is 1. The number of pyridine rings is 1. The van der Waals surface area contributed by atoms with Crippen LogP contribution < -0.4 is 4.90 Å². The zero-order chi connectivity index (χ0) is 13.9. The number of β-amino-alcohol motifs (C(OH)–C–C–N with tert-alkyl or cyclic N) is 1. The van der Waals surface area contributed by atoms with Gasteiger partial charge >= 0.3 is 0 Å². The minimum absolute atomic E-state index is 0.238. The van der Waals surface area contributed by atoms with Crippen LogP contribution in [-0.2, 0) is 0 Å². The molecule has 20 heavy (non-hydrogen) atoms. The minimum Gasteiger partial charge on any atom is -0.395 e. The molecular formula is C15H18ClN3O. The molecule has 106 valence electrons. The zero-order valence-corrected chi connectivity index (χ0v) is 12.1. The number of aliphatic hydroxyl groups is 1. The predicted molar refractivity (Wildman–Crippen MR) is 82.5 cm³/mol. The number of aliphatic hydroxyl groups excluding tert-OH is 1. The molecular weight excluding hydrogens is 274 g/mol. The zero-order valence-electron chi connectivity index (χ0n) is 11.3.